The Morgan fingerprint density at radius 3 is 2.50 bits per heavy atom. The molecule has 0 saturated heterocycles. The molecule has 0 saturated carbocycles. The fraction of sp³-hybridized carbons (Fsp3) is 0.250. The molecule has 1 aliphatic rings. The van der Waals surface area contributed by atoms with Gasteiger partial charge in [-0.3, -0.25) is 0 Å². The fourth-order valence-electron chi connectivity index (χ4n) is 3.04. The van der Waals surface area contributed by atoms with Crippen LogP contribution in [0.3, 0.4) is 0 Å². The molecule has 2 aromatic carbocycles. The maximum atomic E-state index is 14.7. The van der Waals surface area contributed by atoms with E-state index < -0.39 is 34.8 Å². The Bertz CT molecular complexity index is 903. The largest absolute Gasteiger partial charge is 0.423 e. The van der Waals surface area contributed by atoms with Crippen molar-refractivity contribution in [1.82, 2.24) is 0 Å². The third-order valence-corrected chi connectivity index (χ3v) is 4.29. The third kappa shape index (κ3) is 3.49. The van der Waals surface area contributed by atoms with Crippen molar-refractivity contribution in [3.8, 4) is 5.75 Å². The summed E-state index contributed by atoms with van der Waals surface area (Å²) in [5, 5.41) is 0. The summed E-state index contributed by atoms with van der Waals surface area (Å²) in [5.74, 6) is -6.00. The van der Waals surface area contributed by atoms with Crippen molar-refractivity contribution in [3.05, 3.63) is 69.8 Å². The lowest BCUT2D eigenvalue weighted by molar-refractivity contribution is 0.0723. The topological polar surface area (TPSA) is 26.3 Å². The predicted molar refractivity (Wildman–Crippen MR) is 88.9 cm³/mol. The molecule has 2 nitrogen and oxygen atoms in total. The first-order valence-electron chi connectivity index (χ1n) is 8.28. The van der Waals surface area contributed by atoms with Gasteiger partial charge in [-0.15, -0.1) is 0 Å². The van der Waals surface area contributed by atoms with Crippen LogP contribution in [0.2, 0.25) is 0 Å². The molecule has 0 unspecified atom stereocenters. The van der Waals surface area contributed by atoms with Crippen LogP contribution in [0.4, 0.5) is 17.6 Å². The molecule has 0 amide bonds. The SMILES string of the molecule is CCCC1=Cc2cc(F)c(C(=O)Oc3ccc(F)c(F)c3)c(F)c2CC1. The average molecular weight is 364 g/mol. The Morgan fingerprint density at radius 1 is 1.04 bits per heavy atom. The van der Waals surface area contributed by atoms with Crippen LogP contribution in [0.15, 0.2) is 29.8 Å². The number of esters is 1. The first-order valence-corrected chi connectivity index (χ1v) is 8.28. The second-order valence-electron chi connectivity index (χ2n) is 6.13. The van der Waals surface area contributed by atoms with Gasteiger partial charge in [0.25, 0.3) is 0 Å². The van der Waals surface area contributed by atoms with Gasteiger partial charge in [0.05, 0.1) is 0 Å². The van der Waals surface area contributed by atoms with Gasteiger partial charge in [-0.25, -0.2) is 22.4 Å². The van der Waals surface area contributed by atoms with Gasteiger partial charge in [0.2, 0.25) is 0 Å². The normalized spacial score (nSPS) is 13.2. The number of carbonyl (C=O) groups is 1. The van der Waals surface area contributed by atoms with Gasteiger partial charge in [-0.05, 0) is 48.6 Å². The minimum Gasteiger partial charge on any atom is -0.423 e. The molecule has 1 aliphatic carbocycles. The van der Waals surface area contributed by atoms with E-state index in [9.17, 15) is 22.4 Å². The molecule has 0 bridgehead atoms. The van der Waals surface area contributed by atoms with Gasteiger partial charge in [0.1, 0.15) is 22.9 Å². The van der Waals surface area contributed by atoms with Crippen LogP contribution >= 0.6 is 0 Å². The molecular weight excluding hydrogens is 348 g/mol. The number of allylic oxidation sites excluding steroid dienone is 1. The van der Waals surface area contributed by atoms with Crippen molar-refractivity contribution in [2.24, 2.45) is 0 Å². The van der Waals surface area contributed by atoms with Crippen LogP contribution in [0, 0.1) is 23.3 Å². The van der Waals surface area contributed by atoms with E-state index in [-0.39, 0.29) is 11.3 Å². The van der Waals surface area contributed by atoms with Crippen molar-refractivity contribution < 1.29 is 27.1 Å². The molecule has 0 atom stereocenters. The number of ether oxygens (including phenoxy) is 1. The molecule has 26 heavy (non-hydrogen) atoms. The first-order chi connectivity index (χ1) is 12.4. The van der Waals surface area contributed by atoms with Gasteiger partial charge in [0, 0.05) is 6.07 Å². The van der Waals surface area contributed by atoms with E-state index in [1.165, 1.54) is 0 Å². The number of benzene rings is 2. The zero-order valence-corrected chi connectivity index (χ0v) is 14.0. The summed E-state index contributed by atoms with van der Waals surface area (Å²) in [6.07, 6.45) is 4.53. The monoisotopic (exact) mass is 364 g/mol. The molecule has 6 heteroatoms. The van der Waals surface area contributed by atoms with Gasteiger partial charge in [0.15, 0.2) is 11.6 Å². The minimum atomic E-state index is -1.29. The van der Waals surface area contributed by atoms with E-state index in [1.807, 2.05) is 6.92 Å². The van der Waals surface area contributed by atoms with Gasteiger partial charge in [-0.2, -0.15) is 0 Å². The lowest BCUT2D eigenvalue weighted by Gasteiger charge is -2.18. The maximum absolute atomic E-state index is 14.7. The van der Waals surface area contributed by atoms with Crippen LogP contribution in [0.1, 0.15) is 47.7 Å². The standard InChI is InChI=1S/C20H16F4O2/c1-2-3-11-4-6-14-12(8-11)9-17(23)18(19(14)24)20(25)26-13-5-7-15(21)16(22)10-13/h5,7-10H,2-4,6H2,1H3. The van der Waals surface area contributed by atoms with Crippen LogP contribution in [-0.4, -0.2) is 5.97 Å². The Kier molecular flexibility index (Phi) is 5.11. The van der Waals surface area contributed by atoms with Crippen molar-refractivity contribution in [3.63, 3.8) is 0 Å². The van der Waals surface area contributed by atoms with E-state index in [1.54, 1.807) is 6.08 Å². The van der Waals surface area contributed by atoms with Crippen molar-refractivity contribution >= 4 is 12.0 Å². The Balaban J connectivity index is 1.93. The molecule has 2 aromatic rings. The molecule has 0 heterocycles. The molecule has 0 fully saturated rings. The summed E-state index contributed by atoms with van der Waals surface area (Å²) in [4.78, 5) is 12.2. The third-order valence-electron chi connectivity index (χ3n) is 4.29. The highest BCUT2D eigenvalue weighted by atomic mass is 19.2. The lowest BCUT2D eigenvalue weighted by Crippen LogP contribution is -2.17. The highest BCUT2D eigenvalue weighted by Crippen LogP contribution is 2.32. The fourth-order valence-corrected chi connectivity index (χ4v) is 3.04. The molecule has 136 valence electrons. The first kappa shape index (κ1) is 18.2. The van der Waals surface area contributed by atoms with Crippen molar-refractivity contribution in [1.29, 1.82) is 0 Å². The van der Waals surface area contributed by atoms with Crippen LogP contribution < -0.4 is 4.74 Å². The summed E-state index contributed by atoms with van der Waals surface area (Å²) >= 11 is 0. The van der Waals surface area contributed by atoms with E-state index in [2.05, 4.69) is 0 Å². The number of carbonyl (C=O) groups excluding carboxylic acids is 1. The van der Waals surface area contributed by atoms with Crippen LogP contribution in [0.25, 0.3) is 6.08 Å². The second-order valence-corrected chi connectivity index (χ2v) is 6.13. The van der Waals surface area contributed by atoms with Crippen LogP contribution in [-0.2, 0) is 6.42 Å². The Morgan fingerprint density at radius 2 is 1.81 bits per heavy atom. The average Bonchev–Trinajstić information content (AvgIpc) is 2.58. The number of halogens is 4. The Labute approximate surface area is 148 Å². The zero-order chi connectivity index (χ0) is 18.8. The number of fused-ring (bicyclic) bond motifs is 1. The van der Waals surface area contributed by atoms with E-state index in [0.29, 0.717) is 24.5 Å². The van der Waals surface area contributed by atoms with Crippen molar-refractivity contribution in [2.75, 3.05) is 0 Å². The maximum Gasteiger partial charge on any atom is 0.349 e. The summed E-state index contributed by atoms with van der Waals surface area (Å²) in [7, 11) is 0. The van der Waals surface area contributed by atoms with E-state index in [4.69, 9.17) is 4.74 Å². The van der Waals surface area contributed by atoms with Crippen molar-refractivity contribution in [2.45, 2.75) is 32.6 Å². The highest BCUT2D eigenvalue weighted by molar-refractivity contribution is 5.92. The summed E-state index contributed by atoms with van der Waals surface area (Å²) < 4.78 is 60.0. The van der Waals surface area contributed by atoms with E-state index in [0.717, 1.165) is 36.6 Å². The smallest absolute Gasteiger partial charge is 0.349 e. The minimum absolute atomic E-state index is 0.253. The highest BCUT2D eigenvalue weighted by Gasteiger charge is 2.26. The molecule has 0 aliphatic heterocycles. The van der Waals surface area contributed by atoms with Gasteiger partial charge < -0.3 is 4.74 Å². The lowest BCUT2D eigenvalue weighted by atomic mass is 9.88. The summed E-state index contributed by atoms with van der Waals surface area (Å²) in [6, 6.07) is 3.51. The number of rotatable bonds is 4. The zero-order valence-electron chi connectivity index (χ0n) is 14.0. The second kappa shape index (κ2) is 7.32. The molecule has 0 N–H and O–H groups in total. The molecule has 0 aromatic heterocycles. The molecule has 0 radical (unpaired) electrons. The quantitative estimate of drug-likeness (QED) is 0.401. The molecule has 0 spiro atoms. The molecule has 3 rings (SSSR count). The molecular formula is C20H16F4O2. The van der Waals surface area contributed by atoms with Gasteiger partial charge >= 0.3 is 5.97 Å². The van der Waals surface area contributed by atoms with E-state index >= 15 is 0 Å². The summed E-state index contributed by atoms with van der Waals surface area (Å²) in [6.45, 7) is 2.02. The summed E-state index contributed by atoms with van der Waals surface area (Å²) in [5.41, 5.74) is 0.944. The Hall–Kier alpha value is -2.63. The number of hydrogen-bond donors (Lipinski definition) is 0. The predicted octanol–water partition coefficient (Wildman–Crippen LogP) is 5.59. The number of hydrogen-bond acceptors (Lipinski definition) is 2. The van der Waals surface area contributed by atoms with Gasteiger partial charge in [-0.1, -0.05) is 25.0 Å². The van der Waals surface area contributed by atoms with Crippen LogP contribution in [0.5, 0.6) is 5.75 Å².